The second-order valence-electron chi connectivity index (χ2n) is 11.2. The first-order valence-electron chi connectivity index (χ1n) is 14.4. The van der Waals surface area contributed by atoms with Gasteiger partial charge in [0.25, 0.3) is 0 Å². The first-order chi connectivity index (χ1) is 20.1. The van der Waals surface area contributed by atoms with Crippen molar-refractivity contribution in [2.45, 2.75) is 42.7 Å². The Morgan fingerprint density at radius 2 is 1.05 bits per heavy atom. The minimum atomic E-state index is -0.698. The molecule has 8 nitrogen and oxygen atoms in total. The molecule has 6 rings (SSSR count). The van der Waals surface area contributed by atoms with Crippen LogP contribution in [0.3, 0.4) is 0 Å². The first kappa shape index (κ1) is 28.2. The van der Waals surface area contributed by atoms with Crippen LogP contribution in [0, 0.1) is 0 Å². The van der Waals surface area contributed by atoms with Gasteiger partial charge < -0.3 is 38.6 Å². The monoisotopic (exact) mass is 562 g/mol. The SMILES string of the molecule is OC(COCC1CO1)COc1ccc(C2(c3ccc(OCC(O)COCC4CO4)cc3)Cc3ccccc3C2)cc1. The third-order valence-corrected chi connectivity index (χ3v) is 7.83. The predicted octanol–water partition coefficient (Wildman–Crippen LogP) is 3.08. The van der Waals surface area contributed by atoms with Gasteiger partial charge in [-0.05, 0) is 59.4 Å². The van der Waals surface area contributed by atoms with Crippen molar-refractivity contribution in [1.29, 1.82) is 0 Å². The molecule has 2 N–H and O–H groups in total. The molecule has 2 aliphatic heterocycles. The number of hydrogen-bond donors (Lipinski definition) is 2. The molecule has 3 aromatic rings. The van der Waals surface area contributed by atoms with Crippen molar-refractivity contribution in [2.24, 2.45) is 0 Å². The lowest BCUT2D eigenvalue weighted by molar-refractivity contribution is 0.00759. The van der Waals surface area contributed by atoms with E-state index in [4.69, 9.17) is 28.4 Å². The standard InChI is InChI=1S/C33H38O8/c34-27(15-36-19-31-21-40-31)17-38-29-9-5-25(6-10-29)33(13-23-3-1-2-4-24(23)14-33)26-7-11-30(12-8-26)39-18-28(35)16-37-20-32-22-41-32/h1-12,27-28,31-32,34-35H,13-22H2. The fourth-order valence-corrected chi connectivity index (χ4v) is 5.41. The predicted molar refractivity (Wildman–Crippen MR) is 152 cm³/mol. The first-order valence-corrected chi connectivity index (χ1v) is 14.4. The summed E-state index contributed by atoms with van der Waals surface area (Å²) in [5, 5.41) is 20.4. The van der Waals surface area contributed by atoms with Crippen LogP contribution in [0.15, 0.2) is 72.8 Å². The van der Waals surface area contributed by atoms with Crippen LogP contribution < -0.4 is 9.47 Å². The Kier molecular flexibility index (Phi) is 8.86. The summed E-state index contributed by atoms with van der Waals surface area (Å²) in [5.74, 6) is 1.42. The maximum absolute atomic E-state index is 10.2. The van der Waals surface area contributed by atoms with Gasteiger partial charge in [0, 0.05) is 5.41 Å². The molecule has 0 aromatic heterocycles. The van der Waals surface area contributed by atoms with Crippen LogP contribution in [0.1, 0.15) is 22.3 Å². The van der Waals surface area contributed by atoms with Gasteiger partial charge in [-0.25, -0.2) is 0 Å². The molecule has 0 amide bonds. The van der Waals surface area contributed by atoms with Crippen molar-refractivity contribution in [1.82, 2.24) is 0 Å². The lowest BCUT2D eigenvalue weighted by Gasteiger charge is -2.31. The average molecular weight is 563 g/mol. The summed E-state index contributed by atoms with van der Waals surface area (Å²) in [6.45, 7) is 3.27. The maximum Gasteiger partial charge on any atom is 0.119 e. The number of ether oxygens (including phenoxy) is 6. The zero-order valence-corrected chi connectivity index (χ0v) is 23.2. The van der Waals surface area contributed by atoms with E-state index in [0.29, 0.717) is 24.7 Å². The molecule has 2 heterocycles. The number of fused-ring (bicyclic) bond motifs is 1. The Labute approximate surface area is 240 Å². The lowest BCUT2D eigenvalue weighted by atomic mass is 9.72. The van der Waals surface area contributed by atoms with Crippen molar-refractivity contribution in [2.75, 3.05) is 52.9 Å². The minimum absolute atomic E-state index is 0.165. The van der Waals surface area contributed by atoms with Crippen molar-refractivity contribution >= 4 is 0 Å². The average Bonchev–Trinajstić information content (AvgIpc) is 3.94. The molecular formula is C33H38O8. The van der Waals surface area contributed by atoms with E-state index < -0.39 is 12.2 Å². The van der Waals surface area contributed by atoms with Gasteiger partial charge >= 0.3 is 0 Å². The maximum atomic E-state index is 10.2. The molecule has 1 aliphatic carbocycles. The Bertz CT molecular complexity index is 1150. The highest BCUT2D eigenvalue weighted by atomic mass is 16.6. The van der Waals surface area contributed by atoms with Crippen LogP contribution in [-0.2, 0) is 37.2 Å². The van der Waals surface area contributed by atoms with Crippen molar-refractivity contribution in [3.05, 3.63) is 95.1 Å². The Hall–Kier alpha value is -2.98. The molecule has 4 atom stereocenters. The minimum Gasteiger partial charge on any atom is -0.491 e. The molecule has 8 heteroatoms. The number of rotatable bonds is 16. The van der Waals surface area contributed by atoms with E-state index in [1.165, 1.54) is 22.3 Å². The molecule has 2 saturated heterocycles. The van der Waals surface area contributed by atoms with E-state index in [0.717, 1.165) is 26.1 Å². The van der Waals surface area contributed by atoms with E-state index >= 15 is 0 Å². The highest BCUT2D eigenvalue weighted by molar-refractivity contribution is 5.51. The van der Waals surface area contributed by atoms with Crippen LogP contribution in [0.2, 0.25) is 0 Å². The van der Waals surface area contributed by atoms with E-state index in [9.17, 15) is 10.2 Å². The second kappa shape index (κ2) is 12.9. The van der Waals surface area contributed by atoms with Crippen molar-refractivity contribution in [3.63, 3.8) is 0 Å². The van der Waals surface area contributed by atoms with E-state index in [1.54, 1.807) is 0 Å². The van der Waals surface area contributed by atoms with Gasteiger partial charge in [0.05, 0.1) is 39.6 Å². The number of benzene rings is 3. The topological polar surface area (TPSA) is 102 Å². The molecule has 0 bridgehead atoms. The fraction of sp³-hybridized carbons (Fsp3) is 0.455. The number of aliphatic hydroxyl groups is 2. The molecule has 41 heavy (non-hydrogen) atoms. The van der Waals surface area contributed by atoms with E-state index in [-0.39, 0.29) is 44.1 Å². The van der Waals surface area contributed by atoms with Crippen LogP contribution >= 0.6 is 0 Å². The third-order valence-electron chi connectivity index (χ3n) is 7.83. The van der Waals surface area contributed by atoms with Gasteiger partial charge in [0.1, 0.15) is 49.1 Å². The number of aliphatic hydroxyl groups excluding tert-OH is 2. The highest BCUT2D eigenvalue weighted by Crippen LogP contribution is 2.45. The second-order valence-corrected chi connectivity index (χ2v) is 11.2. The highest BCUT2D eigenvalue weighted by Gasteiger charge is 2.40. The van der Waals surface area contributed by atoms with E-state index in [1.807, 2.05) is 24.3 Å². The van der Waals surface area contributed by atoms with Gasteiger partial charge in [0.15, 0.2) is 0 Å². The van der Waals surface area contributed by atoms with Gasteiger partial charge in [-0.1, -0.05) is 48.5 Å². The zero-order valence-electron chi connectivity index (χ0n) is 23.2. The lowest BCUT2D eigenvalue weighted by Crippen LogP contribution is -2.28. The van der Waals surface area contributed by atoms with Crippen LogP contribution in [-0.4, -0.2) is 87.5 Å². The normalized spacial score (nSPS) is 21.6. The summed E-state index contributed by atoms with van der Waals surface area (Å²) < 4.78 is 32.9. The number of hydrogen-bond acceptors (Lipinski definition) is 8. The van der Waals surface area contributed by atoms with Gasteiger partial charge in [0.2, 0.25) is 0 Å². The zero-order chi connectivity index (χ0) is 28.1. The molecule has 3 aromatic carbocycles. The molecule has 0 saturated carbocycles. The third kappa shape index (κ3) is 7.46. The van der Waals surface area contributed by atoms with Gasteiger partial charge in [-0.3, -0.25) is 0 Å². The summed E-state index contributed by atoms with van der Waals surface area (Å²) in [5.41, 5.74) is 4.89. The number of epoxide rings is 2. The molecule has 0 spiro atoms. The summed E-state index contributed by atoms with van der Waals surface area (Å²) in [6, 6.07) is 25.0. The Morgan fingerprint density at radius 1 is 0.634 bits per heavy atom. The fourth-order valence-electron chi connectivity index (χ4n) is 5.41. The summed E-state index contributed by atoms with van der Waals surface area (Å²) >= 11 is 0. The van der Waals surface area contributed by atoms with Crippen LogP contribution in [0.5, 0.6) is 11.5 Å². The largest absolute Gasteiger partial charge is 0.491 e. The molecule has 218 valence electrons. The molecule has 0 radical (unpaired) electrons. The molecule has 2 fully saturated rings. The Balaban J connectivity index is 1.10. The van der Waals surface area contributed by atoms with Crippen LogP contribution in [0.4, 0.5) is 0 Å². The molecule has 3 aliphatic rings. The smallest absolute Gasteiger partial charge is 0.119 e. The van der Waals surface area contributed by atoms with Gasteiger partial charge in [-0.15, -0.1) is 0 Å². The summed E-state index contributed by atoms with van der Waals surface area (Å²) in [6.07, 6.45) is 0.750. The molecule has 4 unspecified atom stereocenters. The quantitative estimate of drug-likeness (QED) is 0.257. The van der Waals surface area contributed by atoms with E-state index in [2.05, 4.69) is 48.5 Å². The molecular weight excluding hydrogens is 524 g/mol. The Morgan fingerprint density at radius 3 is 1.44 bits per heavy atom. The van der Waals surface area contributed by atoms with Crippen molar-refractivity contribution < 1.29 is 38.6 Å². The summed E-state index contributed by atoms with van der Waals surface area (Å²) in [7, 11) is 0. The van der Waals surface area contributed by atoms with Crippen LogP contribution in [0.25, 0.3) is 0 Å². The van der Waals surface area contributed by atoms with Gasteiger partial charge in [-0.2, -0.15) is 0 Å². The summed E-state index contributed by atoms with van der Waals surface area (Å²) in [4.78, 5) is 0. The van der Waals surface area contributed by atoms with Crippen molar-refractivity contribution in [3.8, 4) is 11.5 Å².